The third kappa shape index (κ3) is 2.87. The Labute approximate surface area is 153 Å². The first-order valence-electron chi connectivity index (χ1n) is 8.18. The van der Waals surface area contributed by atoms with Crippen molar-refractivity contribution in [1.29, 1.82) is 0 Å². The Hall–Kier alpha value is -3.16. The summed E-state index contributed by atoms with van der Waals surface area (Å²) in [5, 5.41) is 9.92. The number of para-hydroxylation sites is 1. The van der Waals surface area contributed by atoms with Gasteiger partial charge in [-0.15, -0.1) is 0 Å². The maximum Gasteiger partial charge on any atom is 0.418 e. The molecule has 0 aliphatic heterocycles. The van der Waals surface area contributed by atoms with E-state index in [0.717, 1.165) is 28.5 Å². The van der Waals surface area contributed by atoms with Gasteiger partial charge in [0.1, 0.15) is 0 Å². The third-order valence-corrected chi connectivity index (χ3v) is 4.60. The number of nitrogens with zero attached hydrogens (tertiary/aromatic N) is 1. The molecule has 0 spiro atoms. The van der Waals surface area contributed by atoms with Crippen molar-refractivity contribution in [3.8, 4) is 22.8 Å². The van der Waals surface area contributed by atoms with Crippen molar-refractivity contribution < 1.29 is 22.6 Å². The summed E-state index contributed by atoms with van der Waals surface area (Å²) < 4.78 is 50.4. The average molecular weight is 375 g/mol. The van der Waals surface area contributed by atoms with Gasteiger partial charge in [0.05, 0.1) is 31.2 Å². The quantitative estimate of drug-likeness (QED) is 0.540. The second-order valence-electron chi connectivity index (χ2n) is 6.14. The highest BCUT2D eigenvalue weighted by atomic mass is 19.4. The molecule has 0 radical (unpaired) electrons. The van der Waals surface area contributed by atoms with E-state index in [0.29, 0.717) is 23.7 Å². The molecule has 4 rings (SSSR count). The number of alkyl halides is 3. The van der Waals surface area contributed by atoms with Crippen LogP contribution in [0.15, 0.2) is 36.4 Å². The van der Waals surface area contributed by atoms with Gasteiger partial charge in [-0.3, -0.25) is 5.10 Å². The lowest BCUT2D eigenvalue weighted by Crippen LogP contribution is -2.09. The number of nitrogens with one attached hydrogen (secondary N) is 2. The minimum absolute atomic E-state index is 0.0367. The van der Waals surface area contributed by atoms with Gasteiger partial charge < -0.3 is 14.8 Å². The molecular weight excluding hydrogens is 359 g/mol. The number of aromatic amines is 1. The van der Waals surface area contributed by atoms with Gasteiger partial charge in [0.25, 0.3) is 0 Å². The smallest absolute Gasteiger partial charge is 0.418 e. The molecule has 2 N–H and O–H groups in total. The van der Waals surface area contributed by atoms with Crippen LogP contribution in [0.2, 0.25) is 0 Å². The first-order valence-corrected chi connectivity index (χ1v) is 8.18. The number of rotatable bonds is 4. The first kappa shape index (κ1) is 17.3. The Kier molecular flexibility index (Phi) is 3.98. The van der Waals surface area contributed by atoms with Crippen LogP contribution in [0.5, 0.6) is 11.5 Å². The van der Waals surface area contributed by atoms with Crippen LogP contribution in [-0.2, 0) is 12.6 Å². The van der Waals surface area contributed by atoms with Gasteiger partial charge in [-0.1, -0.05) is 12.1 Å². The van der Waals surface area contributed by atoms with E-state index in [1.54, 1.807) is 20.3 Å². The van der Waals surface area contributed by atoms with Gasteiger partial charge in [-0.05, 0) is 29.8 Å². The molecule has 0 saturated heterocycles. The molecule has 1 aliphatic carbocycles. The molecule has 3 aromatic rings. The summed E-state index contributed by atoms with van der Waals surface area (Å²) in [6, 6.07) is 9.05. The van der Waals surface area contributed by atoms with E-state index in [4.69, 9.17) is 9.47 Å². The number of aromatic nitrogens is 2. The van der Waals surface area contributed by atoms with Crippen molar-refractivity contribution in [3.05, 3.63) is 53.1 Å². The van der Waals surface area contributed by atoms with Crippen LogP contribution < -0.4 is 14.8 Å². The number of methoxy groups -OCH3 is 2. The number of anilines is 2. The lowest BCUT2D eigenvalue weighted by atomic mass is 10.1. The van der Waals surface area contributed by atoms with Crippen LogP contribution in [0.25, 0.3) is 11.3 Å². The number of fused-ring (bicyclic) bond motifs is 3. The van der Waals surface area contributed by atoms with Crippen molar-refractivity contribution in [3.63, 3.8) is 0 Å². The second-order valence-corrected chi connectivity index (χ2v) is 6.14. The van der Waals surface area contributed by atoms with Gasteiger partial charge in [0.2, 0.25) is 0 Å². The monoisotopic (exact) mass is 375 g/mol. The number of halogens is 3. The molecule has 8 heteroatoms. The van der Waals surface area contributed by atoms with Gasteiger partial charge in [0, 0.05) is 17.5 Å². The zero-order chi connectivity index (χ0) is 19.2. The Morgan fingerprint density at radius 2 is 1.78 bits per heavy atom. The zero-order valence-corrected chi connectivity index (χ0v) is 14.6. The molecule has 0 unspecified atom stereocenters. The number of hydrogen-bond acceptors (Lipinski definition) is 4. The maximum atomic E-state index is 13.2. The summed E-state index contributed by atoms with van der Waals surface area (Å²) in [5.41, 5.74) is 2.68. The predicted molar refractivity (Wildman–Crippen MR) is 94.7 cm³/mol. The van der Waals surface area contributed by atoms with Gasteiger partial charge in [-0.2, -0.15) is 18.3 Å². The Balaban J connectivity index is 1.72. The molecule has 27 heavy (non-hydrogen) atoms. The van der Waals surface area contributed by atoms with E-state index in [1.807, 2.05) is 12.1 Å². The SMILES string of the molecule is COc1cc2c(cc1OC)-c1[nH]nc(Nc3ccccc3C(F)(F)F)c1C2. The third-order valence-electron chi connectivity index (χ3n) is 4.60. The van der Waals surface area contributed by atoms with Crippen LogP contribution >= 0.6 is 0 Å². The molecule has 0 saturated carbocycles. The molecule has 1 aromatic heterocycles. The summed E-state index contributed by atoms with van der Waals surface area (Å²) in [6.07, 6.45) is -3.93. The Bertz CT molecular complexity index is 1010. The molecule has 5 nitrogen and oxygen atoms in total. The number of ether oxygens (including phenoxy) is 2. The molecule has 0 fully saturated rings. The van der Waals surface area contributed by atoms with E-state index in [1.165, 1.54) is 12.1 Å². The number of benzene rings is 2. The van der Waals surface area contributed by atoms with Crippen molar-refractivity contribution in [1.82, 2.24) is 10.2 Å². The van der Waals surface area contributed by atoms with Gasteiger partial charge in [0.15, 0.2) is 17.3 Å². The molecule has 1 heterocycles. The fraction of sp³-hybridized carbons (Fsp3) is 0.211. The standard InChI is InChI=1S/C19H16F3N3O2/c1-26-15-8-10-7-12-17(11(10)9-16(15)27-2)24-25-18(12)23-14-6-4-3-5-13(14)19(20,21)22/h3-6,8-9H,7H2,1-2H3,(H2,23,24,25). The average Bonchev–Trinajstić information content (AvgIpc) is 3.19. The molecular formula is C19H16F3N3O2. The zero-order valence-electron chi connectivity index (χ0n) is 14.6. The van der Waals surface area contributed by atoms with Crippen molar-refractivity contribution in [2.45, 2.75) is 12.6 Å². The number of H-pyrrole nitrogens is 1. The van der Waals surface area contributed by atoms with Crippen LogP contribution in [-0.4, -0.2) is 24.4 Å². The van der Waals surface area contributed by atoms with Crippen molar-refractivity contribution >= 4 is 11.5 Å². The lowest BCUT2D eigenvalue weighted by Gasteiger charge is -2.13. The van der Waals surface area contributed by atoms with Crippen molar-refractivity contribution in [2.24, 2.45) is 0 Å². The van der Waals surface area contributed by atoms with Gasteiger partial charge >= 0.3 is 6.18 Å². The summed E-state index contributed by atoms with van der Waals surface area (Å²) in [7, 11) is 3.11. The van der Waals surface area contributed by atoms with E-state index >= 15 is 0 Å². The van der Waals surface area contributed by atoms with Crippen LogP contribution in [0.4, 0.5) is 24.7 Å². The van der Waals surface area contributed by atoms with E-state index < -0.39 is 11.7 Å². The fourth-order valence-electron chi connectivity index (χ4n) is 3.32. The predicted octanol–water partition coefficient (Wildman–Crippen LogP) is 4.76. The molecule has 0 atom stereocenters. The molecule has 0 bridgehead atoms. The van der Waals surface area contributed by atoms with E-state index in [9.17, 15) is 13.2 Å². The summed E-state index contributed by atoms with van der Waals surface area (Å²) >= 11 is 0. The molecule has 140 valence electrons. The second kappa shape index (κ2) is 6.22. The highest BCUT2D eigenvalue weighted by Gasteiger charge is 2.34. The highest BCUT2D eigenvalue weighted by molar-refractivity contribution is 5.82. The minimum atomic E-state index is -4.45. The molecule has 2 aromatic carbocycles. The molecule has 1 aliphatic rings. The van der Waals surface area contributed by atoms with Crippen LogP contribution in [0.1, 0.15) is 16.7 Å². The largest absolute Gasteiger partial charge is 0.493 e. The summed E-state index contributed by atoms with van der Waals surface area (Å²) in [4.78, 5) is 0. The summed E-state index contributed by atoms with van der Waals surface area (Å²) in [5.74, 6) is 1.55. The van der Waals surface area contributed by atoms with Gasteiger partial charge in [-0.25, -0.2) is 0 Å². The Morgan fingerprint density at radius 1 is 1.07 bits per heavy atom. The van der Waals surface area contributed by atoms with E-state index in [-0.39, 0.29) is 5.69 Å². The van der Waals surface area contributed by atoms with Crippen molar-refractivity contribution in [2.75, 3.05) is 19.5 Å². The first-order chi connectivity index (χ1) is 12.9. The van der Waals surface area contributed by atoms with Crippen LogP contribution in [0, 0.1) is 0 Å². The van der Waals surface area contributed by atoms with E-state index in [2.05, 4.69) is 15.5 Å². The normalized spacial score (nSPS) is 12.5. The Morgan fingerprint density at radius 3 is 2.48 bits per heavy atom. The highest BCUT2D eigenvalue weighted by Crippen LogP contribution is 2.45. The topological polar surface area (TPSA) is 59.2 Å². The number of hydrogen-bond donors (Lipinski definition) is 2. The minimum Gasteiger partial charge on any atom is -0.493 e. The fourth-order valence-corrected chi connectivity index (χ4v) is 3.32. The maximum absolute atomic E-state index is 13.2. The van der Waals surface area contributed by atoms with Crippen LogP contribution in [0.3, 0.4) is 0 Å². The molecule has 0 amide bonds. The lowest BCUT2D eigenvalue weighted by molar-refractivity contribution is -0.136. The summed E-state index contributed by atoms with van der Waals surface area (Å²) in [6.45, 7) is 0.